The smallest absolute Gasteiger partial charge is 0.143 e. The summed E-state index contributed by atoms with van der Waals surface area (Å²) in [5.41, 5.74) is 14.3. The van der Waals surface area contributed by atoms with Gasteiger partial charge in [0.25, 0.3) is 0 Å². The van der Waals surface area contributed by atoms with Crippen molar-refractivity contribution in [3.05, 3.63) is 224 Å². The number of hydrogen-bond acceptors (Lipinski definition) is 2. The number of benzene rings is 10. The minimum absolute atomic E-state index is 0.890. The number of anilines is 3. The summed E-state index contributed by atoms with van der Waals surface area (Å²) in [6, 6.07) is 80.7. The third kappa shape index (κ3) is 5.82. The molecule has 0 atom stereocenters. The average Bonchev–Trinajstić information content (AvgIpc) is 3.69. The Labute approximate surface area is 337 Å². The Bertz CT molecular complexity index is 3280. The summed E-state index contributed by atoms with van der Waals surface area (Å²) in [7, 11) is 0. The summed E-state index contributed by atoms with van der Waals surface area (Å²) in [4.78, 5) is 2.41. The van der Waals surface area contributed by atoms with E-state index in [9.17, 15) is 0 Å². The monoisotopic (exact) mass is 739 g/mol. The maximum Gasteiger partial charge on any atom is 0.143 e. The first-order chi connectivity index (χ1) is 28.8. The zero-order valence-electron chi connectivity index (χ0n) is 31.7. The molecule has 0 aliphatic rings. The van der Waals surface area contributed by atoms with Gasteiger partial charge < -0.3 is 9.32 Å². The van der Waals surface area contributed by atoms with Crippen LogP contribution in [0.4, 0.5) is 17.1 Å². The fourth-order valence-electron chi connectivity index (χ4n) is 8.66. The second kappa shape index (κ2) is 14.1. The summed E-state index contributed by atoms with van der Waals surface area (Å²) < 4.78 is 6.62. The van der Waals surface area contributed by atoms with Crippen LogP contribution in [0.3, 0.4) is 0 Å². The van der Waals surface area contributed by atoms with Gasteiger partial charge in [-0.3, -0.25) is 0 Å². The Morgan fingerprint density at radius 1 is 0.293 bits per heavy atom. The van der Waals surface area contributed by atoms with Gasteiger partial charge in [-0.25, -0.2) is 0 Å². The van der Waals surface area contributed by atoms with Crippen LogP contribution in [0, 0.1) is 0 Å². The second-order valence-corrected chi connectivity index (χ2v) is 14.9. The quantitative estimate of drug-likeness (QED) is 0.162. The van der Waals surface area contributed by atoms with Crippen molar-refractivity contribution in [1.82, 2.24) is 0 Å². The van der Waals surface area contributed by atoms with Gasteiger partial charge in [0.15, 0.2) is 0 Å². The molecule has 0 saturated carbocycles. The van der Waals surface area contributed by atoms with E-state index < -0.39 is 0 Å². The lowest BCUT2D eigenvalue weighted by Gasteiger charge is -2.30. The molecule has 11 rings (SSSR count). The third-order valence-corrected chi connectivity index (χ3v) is 11.5. The number of furan rings is 1. The van der Waals surface area contributed by atoms with Crippen molar-refractivity contribution in [2.75, 3.05) is 4.90 Å². The van der Waals surface area contributed by atoms with Gasteiger partial charge in [-0.1, -0.05) is 188 Å². The third-order valence-electron chi connectivity index (χ3n) is 11.5. The predicted octanol–water partition coefficient (Wildman–Crippen LogP) is 16.0. The van der Waals surface area contributed by atoms with Crippen molar-refractivity contribution in [2.24, 2.45) is 0 Å². The van der Waals surface area contributed by atoms with Gasteiger partial charge in [-0.15, -0.1) is 0 Å². The Morgan fingerprint density at radius 3 is 1.62 bits per heavy atom. The molecule has 0 N–H and O–H groups in total. The van der Waals surface area contributed by atoms with Crippen LogP contribution in [-0.4, -0.2) is 0 Å². The van der Waals surface area contributed by atoms with Crippen LogP contribution in [0.2, 0.25) is 0 Å². The lowest BCUT2D eigenvalue weighted by Crippen LogP contribution is -2.12. The molecule has 10 aromatic carbocycles. The molecule has 0 saturated heterocycles. The van der Waals surface area contributed by atoms with Gasteiger partial charge in [-0.2, -0.15) is 0 Å². The molecule has 0 unspecified atom stereocenters. The highest BCUT2D eigenvalue weighted by Crippen LogP contribution is 2.47. The van der Waals surface area contributed by atoms with E-state index in [0.29, 0.717) is 0 Å². The number of fused-ring (bicyclic) bond motifs is 5. The topological polar surface area (TPSA) is 16.4 Å². The first-order valence-electron chi connectivity index (χ1n) is 19.8. The van der Waals surface area contributed by atoms with Crippen LogP contribution >= 0.6 is 0 Å². The Morgan fingerprint density at radius 2 is 0.810 bits per heavy atom. The SMILES string of the molecule is c1ccc(N(c2ccc(-c3ccc(-c4cccc5ccccc45)cc3)cc2)c2ccccc2-c2cccc3c2oc2ccccc23)c(-c2ccc3ccccc3c2)c1. The van der Waals surface area contributed by atoms with E-state index in [1.54, 1.807) is 0 Å². The number of para-hydroxylation sites is 4. The molecule has 0 spiro atoms. The minimum Gasteiger partial charge on any atom is -0.455 e. The van der Waals surface area contributed by atoms with Crippen molar-refractivity contribution in [1.29, 1.82) is 0 Å². The Balaban J connectivity index is 1.06. The molecular weight excluding hydrogens is 703 g/mol. The Hall–Kier alpha value is -7.68. The summed E-state index contributed by atoms with van der Waals surface area (Å²) in [6.45, 7) is 0. The molecule has 1 heterocycles. The molecule has 272 valence electrons. The van der Waals surface area contributed by atoms with Gasteiger partial charge in [-0.05, 0) is 85.8 Å². The van der Waals surface area contributed by atoms with Crippen molar-refractivity contribution in [3.8, 4) is 44.5 Å². The molecule has 0 aliphatic heterocycles. The maximum atomic E-state index is 6.62. The second-order valence-electron chi connectivity index (χ2n) is 14.9. The van der Waals surface area contributed by atoms with E-state index in [4.69, 9.17) is 4.42 Å². The summed E-state index contributed by atoms with van der Waals surface area (Å²) in [6.07, 6.45) is 0. The molecule has 0 amide bonds. The van der Waals surface area contributed by atoms with E-state index in [1.165, 1.54) is 43.8 Å². The molecule has 0 fully saturated rings. The van der Waals surface area contributed by atoms with Crippen molar-refractivity contribution >= 4 is 60.5 Å². The van der Waals surface area contributed by atoms with Gasteiger partial charge in [0.05, 0.1) is 11.4 Å². The normalized spacial score (nSPS) is 11.4. The fraction of sp³-hybridized carbons (Fsp3) is 0. The molecule has 2 heteroatoms. The zero-order chi connectivity index (χ0) is 38.4. The van der Waals surface area contributed by atoms with E-state index >= 15 is 0 Å². The molecular formula is C56H37NO. The van der Waals surface area contributed by atoms with Crippen molar-refractivity contribution in [2.45, 2.75) is 0 Å². The van der Waals surface area contributed by atoms with Gasteiger partial charge in [0, 0.05) is 33.2 Å². The molecule has 2 nitrogen and oxygen atoms in total. The minimum atomic E-state index is 0.890. The molecule has 1 aromatic heterocycles. The van der Waals surface area contributed by atoms with Crippen LogP contribution < -0.4 is 4.90 Å². The largest absolute Gasteiger partial charge is 0.455 e. The van der Waals surface area contributed by atoms with Crippen molar-refractivity contribution < 1.29 is 4.42 Å². The Kier molecular flexibility index (Phi) is 8.19. The summed E-state index contributed by atoms with van der Waals surface area (Å²) >= 11 is 0. The first kappa shape index (κ1) is 33.6. The van der Waals surface area contributed by atoms with Crippen molar-refractivity contribution in [3.63, 3.8) is 0 Å². The maximum absolute atomic E-state index is 6.62. The zero-order valence-corrected chi connectivity index (χ0v) is 31.7. The van der Waals surface area contributed by atoms with E-state index in [-0.39, 0.29) is 0 Å². The van der Waals surface area contributed by atoms with Crippen LogP contribution in [-0.2, 0) is 0 Å². The highest BCUT2D eigenvalue weighted by Gasteiger charge is 2.22. The first-order valence-corrected chi connectivity index (χ1v) is 19.8. The summed E-state index contributed by atoms with van der Waals surface area (Å²) in [5, 5.41) is 7.20. The predicted molar refractivity (Wildman–Crippen MR) is 245 cm³/mol. The molecule has 0 bridgehead atoms. The van der Waals surface area contributed by atoms with E-state index in [1.807, 2.05) is 6.07 Å². The average molecular weight is 740 g/mol. The number of hydrogen-bond donors (Lipinski definition) is 0. The number of nitrogens with zero attached hydrogens (tertiary/aromatic N) is 1. The standard InChI is InChI=1S/C56H37NO/c1-2-15-43-37-44(32-29-38(43)13-1)48-18-5-8-24-53(48)57(54-25-9-6-19-49(54)51-22-12-23-52-50-20-7-10-26-55(50)58-56(51)52)45-35-33-40(34-36-45)39-27-30-42(31-28-39)47-21-11-16-41-14-3-4-17-46(41)47/h1-37H. The van der Waals surface area contributed by atoms with E-state index in [2.05, 4.69) is 223 Å². The van der Waals surface area contributed by atoms with E-state index in [0.717, 1.165) is 61.3 Å². The van der Waals surface area contributed by atoms with Crippen LogP contribution in [0.15, 0.2) is 229 Å². The molecule has 58 heavy (non-hydrogen) atoms. The molecule has 0 aliphatic carbocycles. The van der Waals surface area contributed by atoms with Gasteiger partial charge in [0.2, 0.25) is 0 Å². The lowest BCUT2D eigenvalue weighted by molar-refractivity contribution is 0.670. The number of rotatable bonds is 7. The lowest BCUT2D eigenvalue weighted by atomic mass is 9.95. The van der Waals surface area contributed by atoms with Crippen LogP contribution in [0.5, 0.6) is 0 Å². The van der Waals surface area contributed by atoms with Crippen LogP contribution in [0.1, 0.15) is 0 Å². The highest BCUT2D eigenvalue weighted by atomic mass is 16.3. The van der Waals surface area contributed by atoms with Gasteiger partial charge >= 0.3 is 0 Å². The fourth-order valence-corrected chi connectivity index (χ4v) is 8.66. The van der Waals surface area contributed by atoms with Crippen LogP contribution in [0.25, 0.3) is 88.0 Å². The van der Waals surface area contributed by atoms with Gasteiger partial charge in [0.1, 0.15) is 11.2 Å². The summed E-state index contributed by atoms with van der Waals surface area (Å²) in [5.74, 6) is 0. The molecule has 0 radical (unpaired) electrons. The highest BCUT2D eigenvalue weighted by molar-refractivity contribution is 6.11. The molecule has 11 aromatic rings.